The van der Waals surface area contributed by atoms with Crippen LogP contribution in [-0.4, -0.2) is 30.1 Å². The molecular weight excluding hydrogens is 327 g/mol. The predicted octanol–water partition coefficient (Wildman–Crippen LogP) is 3.82. The van der Waals surface area contributed by atoms with Crippen molar-refractivity contribution in [3.05, 3.63) is 33.0 Å². The fraction of sp³-hybridized carbons (Fsp3) is 0.417. The van der Waals surface area contributed by atoms with Crippen LogP contribution in [0.1, 0.15) is 23.2 Å². The minimum Gasteiger partial charge on any atom is -0.338 e. The summed E-state index contributed by atoms with van der Waals surface area (Å²) in [5, 5.41) is 0.190. The van der Waals surface area contributed by atoms with E-state index >= 15 is 0 Å². The first-order valence-corrected chi connectivity index (χ1v) is 6.74. The fourth-order valence-corrected chi connectivity index (χ4v) is 2.63. The minimum absolute atomic E-state index is 0.120. The lowest BCUT2D eigenvalue weighted by Gasteiger charge is -2.29. The maximum atomic E-state index is 13.4. The number of hydrogen-bond acceptors (Lipinski definition) is 1. The van der Waals surface area contributed by atoms with Gasteiger partial charge in [0.15, 0.2) is 0 Å². The zero-order valence-electron chi connectivity index (χ0n) is 9.43. The summed E-state index contributed by atoms with van der Waals surface area (Å²) in [6.07, 6.45) is -0.212. The Hall–Kier alpha value is -0.680. The number of amides is 1. The van der Waals surface area contributed by atoms with Crippen molar-refractivity contribution in [2.45, 2.75) is 19.0 Å². The molecule has 1 amide bonds. The van der Waals surface area contributed by atoms with Crippen molar-refractivity contribution < 1.29 is 13.6 Å². The molecule has 1 fully saturated rings. The van der Waals surface area contributed by atoms with E-state index in [9.17, 15) is 13.6 Å². The molecule has 0 aliphatic carbocycles. The van der Waals surface area contributed by atoms with Crippen LogP contribution in [0.4, 0.5) is 8.78 Å². The van der Waals surface area contributed by atoms with Crippen LogP contribution >= 0.6 is 27.5 Å². The second-order valence-corrected chi connectivity index (χ2v) is 5.47. The first-order valence-electron chi connectivity index (χ1n) is 5.57. The molecule has 0 atom stereocenters. The van der Waals surface area contributed by atoms with Crippen molar-refractivity contribution in [2.24, 2.45) is 0 Å². The number of halogens is 4. The van der Waals surface area contributed by atoms with Gasteiger partial charge < -0.3 is 4.90 Å². The van der Waals surface area contributed by atoms with Crippen molar-refractivity contribution in [3.8, 4) is 0 Å². The van der Waals surface area contributed by atoms with Crippen molar-refractivity contribution in [1.82, 2.24) is 4.90 Å². The van der Waals surface area contributed by atoms with E-state index in [0.717, 1.165) is 6.07 Å². The molecule has 0 unspecified atom stereocenters. The Morgan fingerprint density at radius 3 is 2.61 bits per heavy atom. The van der Waals surface area contributed by atoms with Crippen LogP contribution < -0.4 is 0 Å². The Balaban J connectivity index is 2.21. The van der Waals surface area contributed by atoms with E-state index in [-0.39, 0.29) is 21.0 Å². The van der Waals surface area contributed by atoms with Crippen LogP contribution in [0.2, 0.25) is 5.02 Å². The van der Waals surface area contributed by atoms with Crippen LogP contribution in [0.3, 0.4) is 0 Å². The van der Waals surface area contributed by atoms with Crippen molar-refractivity contribution in [1.29, 1.82) is 0 Å². The van der Waals surface area contributed by atoms with E-state index in [1.54, 1.807) is 0 Å². The van der Waals surface area contributed by atoms with Gasteiger partial charge in [-0.05, 0) is 40.9 Å². The fourth-order valence-electron chi connectivity index (χ4n) is 1.91. The van der Waals surface area contributed by atoms with Crippen LogP contribution in [0.5, 0.6) is 0 Å². The number of likely N-dealkylation sites (tertiary alicyclic amines) is 1. The van der Waals surface area contributed by atoms with E-state index in [0.29, 0.717) is 25.9 Å². The molecule has 1 aliphatic heterocycles. The Labute approximate surface area is 117 Å². The Kier molecular flexibility index (Phi) is 4.22. The van der Waals surface area contributed by atoms with Gasteiger partial charge in [-0.15, -0.1) is 0 Å². The highest BCUT2D eigenvalue weighted by atomic mass is 79.9. The summed E-state index contributed by atoms with van der Waals surface area (Å²) in [6, 6.07) is 2.46. The van der Waals surface area contributed by atoms with Crippen LogP contribution in [0, 0.1) is 5.82 Å². The first-order chi connectivity index (χ1) is 8.49. The maximum Gasteiger partial charge on any atom is 0.255 e. The molecule has 1 aromatic rings. The Morgan fingerprint density at radius 1 is 1.39 bits per heavy atom. The molecule has 0 N–H and O–H groups in total. The van der Waals surface area contributed by atoms with E-state index in [1.165, 1.54) is 11.0 Å². The molecule has 6 heteroatoms. The highest BCUT2D eigenvalue weighted by molar-refractivity contribution is 9.10. The van der Waals surface area contributed by atoms with Crippen LogP contribution in [0.25, 0.3) is 0 Å². The van der Waals surface area contributed by atoms with Gasteiger partial charge in [0.05, 0.1) is 15.1 Å². The molecule has 0 aromatic heterocycles. The van der Waals surface area contributed by atoms with Crippen molar-refractivity contribution >= 4 is 33.4 Å². The average Bonchev–Trinajstić information content (AvgIpc) is 2.34. The SMILES string of the molecule is O=C(c1cc(F)c(Br)cc1Cl)N1CCC(F)CC1. The van der Waals surface area contributed by atoms with Crippen LogP contribution in [0.15, 0.2) is 16.6 Å². The number of hydrogen-bond donors (Lipinski definition) is 0. The molecule has 1 aromatic carbocycles. The van der Waals surface area contributed by atoms with Crippen LogP contribution in [-0.2, 0) is 0 Å². The quantitative estimate of drug-likeness (QED) is 0.713. The molecular formula is C12H11BrClF2NO. The second kappa shape index (κ2) is 5.53. The monoisotopic (exact) mass is 337 g/mol. The number of rotatable bonds is 1. The number of benzene rings is 1. The maximum absolute atomic E-state index is 13.4. The zero-order chi connectivity index (χ0) is 13.3. The summed E-state index contributed by atoms with van der Waals surface area (Å²) in [7, 11) is 0. The number of carbonyl (C=O) groups is 1. The molecule has 0 radical (unpaired) electrons. The van der Waals surface area contributed by atoms with E-state index in [2.05, 4.69) is 15.9 Å². The van der Waals surface area contributed by atoms with E-state index in [4.69, 9.17) is 11.6 Å². The number of piperidine rings is 1. The van der Waals surface area contributed by atoms with Gasteiger partial charge in [0, 0.05) is 13.1 Å². The van der Waals surface area contributed by atoms with Gasteiger partial charge in [-0.1, -0.05) is 11.6 Å². The third-order valence-electron chi connectivity index (χ3n) is 2.95. The first kappa shape index (κ1) is 13.7. The molecule has 0 saturated carbocycles. The highest BCUT2D eigenvalue weighted by Crippen LogP contribution is 2.26. The molecule has 2 nitrogen and oxygen atoms in total. The van der Waals surface area contributed by atoms with Crippen molar-refractivity contribution in [2.75, 3.05) is 13.1 Å². The van der Waals surface area contributed by atoms with Gasteiger partial charge in [-0.2, -0.15) is 0 Å². The van der Waals surface area contributed by atoms with Gasteiger partial charge in [-0.25, -0.2) is 8.78 Å². The third kappa shape index (κ3) is 2.83. The minimum atomic E-state index is -0.855. The Bertz CT molecular complexity index is 475. The highest BCUT2D eigenvalue weighted by Gasteiger charge is 2.25. The largest absolute Gasteiger partial charge is 0.338 e. The summed E-state index contributed by atoms with van der Waals surface area (Å²) in [4.78, 5) is 13.6. The van der Waals surface area contributed by atoms with Gasteiger partial charge in [0.1, 0.15) is 12.0 Å². The number of alkyl halides is 1. The third-order valence-corrected chi connectivity index (χ3v) is 3.87. The zero-order valence-corrected chi connectivity index (χ0v) is 11.8. The molecule has 0 spiro atoms. The van der Waals surface area contributed by atoms with Crippen molar-refractivity contribution in [3.63, 3.8) is 0 Å². The summed E-state index contributed by atoms with van der Waals surface area (Å²) in [5.74, 6) is -0.888. The van der Waals surface area contributed by atoms with Gasteiger partial charge >= 0.3 is 0 Å². The second-order valence-electron chi connectivity index (χ2n) is 4.21. The van der Waals surface area contributed by atoms with Gasteiger partial charge in [-0.3, -0.25) is 4.79 Å². The predicted molar refractivity (Wildman–Crippen MR) is 69.1 cm³/mol. The van der Waals surface area contributed by atoms with E-state index < -0.39 is 12.0 Å². The molecule has 0 bridgehead atoms. The topological polar surface area (TPSA) is 20.3 Å². The molecule has 1 saturated heterocycles. The summed E-state index contributed by atoms with van der Waals surface area (Å²) in [6.45, 7) is 0.683. The average molecular weight is 339 g/mol. The lowest BCUT2D eigenvalue weighted by Crippen LogP contribution is -2.39. The number of carbonyl (C=O) groups excluding carboxylic acids is 1. The number of nitrogens with zero attached hydrogens (tertiary/aromatic N) is 1. The van der Waals surface area contributed by atoms with E-state index in [1.807, 2.05) is 0 Å². The molecule has 1 aliphatic rings. The smallest absolute Gasteiger partial charge is 0.255 e. The lowest BCUT2D eigenvalue weighted by atomic mass is 10.1. The summed E-state index contributed by atoms with van der Waals surface area (Å²) in [5.41, 5.74) is 0.120. The molecule has 2 rings (SSSR count). The molecule has 18 heavy (non-hydrogen) atoms. The molecule has 98 valence electrons. The Morgan fingerprint density at radius 2 is 2.00 bits per heavy atom. The normalized spacial score (nSPS) is 17.0. The summed E-state index contributed by atoms with van der Waals surface area (Å²) < 4.78 is 26.6. The summed E-state index contributed by atoms with van der Waals surface area (Å²) >= 11 is 8.93. The standard InChI is InChI=1S/C12H11BrClF2NO/c13-9-6-10(14)8(5-11(9)16)12(18)17-3-1-7(15)2-4-17/h5-7H,1-4H2. The van der Waals surface area contributed by atoms with Gasteiger partial charge in [0.2, 0.25) is 0 Å². The lowest BCUT2D eigenvalue weighted by molar-refractivity contribution is 0.0666. The molecule has 1 heterocycles. The van der Waals surface area contributed by atoms with Gasteiger partial charge in [0.25, 0.3) is 5.91 Å².